The zero-order valence-electron chi connectivity index (χ0n) is 14.9. The number of nitrogens with zero attached hydrogens (tertiary/aromatic N) is 2. The second-order valence-electron chi connectivity index (χ2n) is 5.93. The van der Waals surface area contributed by atoms with Gasteiger partial charge in [-0.3, -0.25) is 14.7 Å². The molecule has 0 saturated carbocycles. The molecule has 8 heteroatoms. The summed E-state index contributed by atoms with van der Waals surface area (Å²) in [7, 11) is 0. The number of anilines is 2. The van der Waals surface area contributed by atoms with Gasteiger partial charge in [0.15, 0.2) is 5.82 Å². The molecule has 2 amide bonds. The van der Waals surface area contributed by atoms with Gasteiger partial charge in [0.1, 0.15) is 0 Å². The van der Waals surface area contributed by atoms with E-state index in [0.29, 0.717) is 22.4 Å². The minimum atomic E-state index is -0.179. The molecule has 3 rings (SSSR count). The van der Waals surface area contributed by atoms with Crippen molar-refractivity contribution in [1.82, 2.24) is 15.2 Å². The van der Waals surface area contributed by atoms with Crippen LogP contribution in [0.4, 0.5) is 11.4 Å². The number of benzene rings is 2. The van der Waals surface area contributed by atoms with Crippen molar-refractivity contribution < 1.29 is 9.59 Å². The fourth-order valence-corrected chi connectivity index (χ4v) is 2.96. The highest BCUT2D eigenvalue weighted by atomic mass is 32.2. The highest BCUT2D eigenvalue weighted by molar-refractivity contribution is 7.99. The molecule has 0 aliphatic carbocycles. The van der Waals surface area contributed by atoms with Gasteiger partial charge in [-0.1, -0.05) is 47.7 Å². The number of aryl methyl sites for hydroxylation is 1. The molecule has 138 valence electrons. The fourth-order valence-electron chi connectivity index (χ4n) is 2.36. The number of carbonyl (C=O) groups is 2. The van der Waals surface area contributed by atoms with E-state index in [2.05, 4.69) is 25.8 Å². The molecule has 7 nitrogen and oxygen atoms in total. The van der Waals surface area contributed by atoms with Crippen LogP contribution in [0.25, 0.3) is 11.4 Å². The summed E-state index contributed by atoms with van der Waals surface area (Å²) >= 11 is 1.25. The van der Waals surface area contributed by atoms with Crippen LogP contribution in [-0.2, 0) is 9.59 Å². The molecule has 2 aromatic carbocycles. The molecule has 0 aliphatic heterocycles. The average molecular weight is 381 g/mol. The molecule has 0 atom stereocenters. The van der Waals surface area contributed by atoms with E-state index in [1.807, 2.05) is 31.2 Å². The molecule has 0 spiro atoms. The zero-order chi connectivity index (χ0) is 19.2. The molecule has 3 aromatic rings. The Hall–Kier alpha value is -3.13. The van der Waals surface area contributed by atoms with Gasteiger partial charge in [0.05, 0.1) is 5.75 Å². The normalized spacial score (nSPS) is 10.4. The van der Waals surface area contributed by atoms with Gasteiger partial charge >= 0.3 is 0 Å². The number of thioether (sulfide) groups is 1. The summed E-state index contributed by atoms with van der Waals surface area (Å²) in [6, 6.07) is 14.9. The van der Waals surface area contributed by atoms with Gasteiger partial charge in [-0.2, -0.15) is 0 Å². The number of aromatic amines is 1. The standard InChI is InChI=1S/C19H19N5O2S/c1-12-6-8-14(9-7-12)18-22-19(24-23-18)27-11-17(26)21-16-5-3-4-15(10-16)20-13(2)25/h3-10H,11H2,1-2H3,(H,20,25)(H,21,26)(H,22,23,24). The Morgan fingerprint density at radius 3 is 2.48 bits per heavy atom. The Morgan fingerprint density at radius 1 is 1.07 bits per heavy atom. The van der Waals surface area contributed by atoms with Crippen LogP contribution in [0.1, 0.15) is 12.5 Å². The van der Waals surface area contributed by atoms with Crippen LogP contribution in [0.5, 0.6) is 0 Å². The third-order valence-corrected chi connectivity index (χ3v) is 4.44. The van der Waals surface area contributed by atoms with Crippen LogP contribution >= 0.6 is 11.8 Å². The first kappa shape index (κ1) is 18.7. The topological polar surface area (TPSA) is 99.8 Å². The van der Waals surface area contributed by atoms with Crippen LogP contribution in [-0.4, -0.2) is 32.7 Å². The zero-order valence-corrected chi connectivity index (χ0v) is 15.8. The minimum absolute atomic E-state index is 0.164. The van der Waals surface area contributed by atoms with Crippen molar-refractivity contribution in [1.29, 1.82) is 0 Å². The first-order chi connectivity index (χ1) is 13.0. The van der Waals surface area contributed by atoms with Gasteiger partial charge < -0.3 is 10.6 Å². The van der Waals surface area contributed by atoms with Crippen LogP contribution in [0, 0.1) is 6.92 Å². The molecule has 27 heavy (non-hydrogen) atoms. The van der Waals surface area contributed by atoms with E-state index in [9.17, 15) is 9.59 Å². The molecule has 0 unspecified atom stereocenters. The first-order valence-corrected chi connectivity index (χ1v) is 9.28. The van der Waals surface area contributed by atoms with Crippen molar-refractivity contribution in [2.24, 2.45) is 0 Å². The molecule has 0 saturated heterocycles. The lowest BCUT2D eigenvalue weighted by molar-refractivity contribution is -0.114. The van der Waals surface area contributed by atoms with Gasteiger partial charge in [-0.05, 0) is 25.1 Å². The smallest absolute Gasteiger partial charge is 0.234 e. The molecule has 0 radical (unpaired) electrons. The number of hydrogen-bond acceptors (Lipinski definition) is 5. The maximum atomic E-state index is 12.1. The number of amides is 2. The average Bonchev–Trinajstić information content (AvgIpc) is 3.09. The minimum Gasteiger partial charge on any atom is -0.326 e. The van der Waals surface area contributed by atoms with Crippen molar-refractivity contribution in [3.8, 4) is 11.4 Å². The fraction of sp³-hybridized carbons (Fsp3) is 0.158. The number of hydrogen-bond donors (Lipinski definition) is 3. The molecule has 0 bridgehead atoms. The van der Waals surface area contributed by atoms with E-state index in [4.69, 9.17) is 0 Å². The Labute approximate surface area is 161 Å². The number of carbonyl (C=O) groups excluding carboxylic acids is 2. The van der Waals surface area contributed by atoms with Crippen LogP contribution < -0.4 is 10.6 Å². The van der Waals surface area contributed by atoms with Crippen molar-refractivity contribution in [3.63, 3.8) is 0 Å². The van der Waals surface area contributed by atoms with E-state index in [0.717, 1.165) is 5.56 Å². The maximum Gasteiger partial charge on any atom is 0.234 e. The Bertz CT molecular complexity index is 953. The first-order valence-electron chi connectivity index (χ1n) is 8.29. The summed E-state index contributed by atoms with van der Waals surface area (Å²) in [5.74, 6) is 0.501. The van der Waals surface area contributed by atoms with E-state index >= 15 is 0 Å². The van der Waals surface area contributed by atoms with Gasteiger partial charge in [-0.25, -0.2) is 4.98 Å². The Kier molecular flexibility index (Phi) is 5.87. The van der Waals surface area contributed by atoms with Crippen LogP contribution in [0.15, 0.2) is 53.7 Å². The van der Waals surface area contributed by atoms with E-state index in [-0.39, 0.29) is 17.6 Å². The van der Waals surface area contributed by atoms with E-state index in [1.165, 1.54) is 24.2 Å². The van der Waals surface area contributed by atoms with Crippen molar-refractivity contribution in [3.05, 3.63) is 54.1 Å². The third kappa shape index (κ3) is 5.42. The lowest BCUT2D eigenvalue weighted by atomic mass is 10.1. The number of aromatic nitrogens is 3. The van der Waals surface area contributed by atoms with E-state index < -0.39 is 0 Å². The Morgan fingerprint density at radius 2 is 1.78 bits per heavy atom. The number of nitrogens with one attached hydrogen (secondary N) is 3. The van der Waals surface area contributed by atoms with E-state index in [1.54, 1.807) is 24.3 Å². The molecular weight excluding hydrogens is 362 g/mol. The number of H-pyrrole nitrogens is 1. The molecule has 0 aliphatic rings. The van der Waals surface area contributed by atoms with Crippen molar-refractivity contribution in [2.45, 2.75) is 19.0 Å². The highest BCUT2D eigenvalue weighted by Gasteiger charge is 2.09. The largest absolute Gasteiger partial charge is 0.326 e. The lowest BCUT2D eigenvalue weighted by Crippen LogP contribution is -2.14. The third-order valence-electron chi connectivity index (χ3n) is 3.59. The summed E-state index contributed by atoms with van der Waals surface area (Å²) < 4.78 is 0. The quantitative estimate of drug-likeness (QED) is 0.568. The summed E-state index contributed by atoms with van der Waals surface area (Å²) in [4.78, 5) is 27.7. The van der Waals surface area contributed by atoms with Gasteiger partial charge in [0.2, 0.25) is 17.0 Å². The van der Waals surface area contributed by atoms with Crippen LogP contribution in [0.3, 0.4) is 0 Å². The number of rotatable bonds is 6. The molecule has 0 fully saturated rings. The second kappa shape index (κ2) is 8.50. The van der Waals surface area contributed by atoms with Crippen molar-refractivity contribution >= 4 is 35.0 Å². The van der Waals surface area contributed by atoms with Gasteiger partial charge in [0, 0.05) is 23.9 Å². The predicted octanol–water partition coefficient (Wildman–Crippen LogP) is 3.47. The second-order valence-corrected chi connectivity index (χ2v) is 6.87. The predicted molar refractivity (Wildman–Crippen MR) is 107 cm³/mol. The Balaban J connectivity index is 1.55. The summed E-state index contributed by atoms with van der Waals surface area (Å²) in [5, 5.41) is 13.0. The maximum absolute atomic E-state index is 12.1. The monoisotopic (exact) mass is 381 g/mol. The molecule has 1 aromatic heterocycles. The molecular formula is C19H19N5O2S. The van der Waals surface area contributed by atoms with Crippen molar-refractivity contribution in [2.75, 3.05) is 16.4 Å². The molecule has 3 N–H and O–H groups in total. The SMILES string of the molecule is CC(=O)Nc1cccc(NC(=O)CSc2n[nH]c(-c3ccc(C)cc3)n2)c1. The molecule has 1 heterocycles. The summed E-state index contributed by atoms with van der Waals surface area (Å²) in [6.45, 7) is 3.46. The summed E-state index contributed by atoms with van der Waals surface area (Å²) in [6.07, 6.45) is 0. The lowest BCUT2D eigenvalue weighted by Gasteiger charge is -2.07. The highest BCUT2D eigenvalue weighted by Crippen LogP contribution is 2.20. The van der Waals surface area contributed by atoms with Gasteiger partial charge in [-0.15, -0.1) is 5.10 Å². The summed E-state index contributed by atoms with van der Waals surface area (Å²) in [5.41, 5.74) is 3.36. The van der Waals surface area contributed by atoms with Crippen LogP contribution in [0.2, 0.25) is 0 Å². The van der Waals surface area contributed by atoms with Gasteiger partial charge in [0.25, 0.3) is 0 Å².